The summed E-state index contributed by atoms with van der Waals surface area (Å²) in [6.45, 7) is 5.25. The summed E-state index contributed by atoms with van der Waals surface area (Å²) in [5.41, 5.74) is 1.25. The molecule has 1 aromatic rings. The number of hydroxylamine groups is 1. The van der Waals surface area contributed by atoms with Crippen LogP contribution in [0.4, 0.5) is 5.69 Å². The average Bonchev–Trinajstić information content (AvgIpc) is 2.24. The number of nitrogens with one attached hydrogen (secondary N) is 1. The smallest absolute Gasteiger partial charge is 0.310 e. The minimum atomic E-state index is -0.733. The number of amides is 1. The van der Waals surface area contributed by atoms with E-state index in [1.807, 2.05) is 0 Å². The third-order valence-corrected chi connectivity index (χ3v) is 1.88. The first kappa shape index (κ1) is 13.9. The number of nitrogens with zero attached hydrogens (tertiary/aromatic N) is 1. The number of nitro benzene ring substituents is 1. The molecule has 1 rings (SSSR count). The predicted octanol–water partition coefficient (Wildman–Crippen LogP) is 1.76. The SMILES string of the molecule is CC(C)(C)ONC(=O)c1ccc([N+](=O)[O-])c(O)c1. The highest BCUT2D eigenvalue weighted by Crippen LogP contribution is 2.26. The van der Waals surface area contributed by atoms with Gasteiger partial charge in [0.15, 0.2) is 5.75 Å². The van der Waals surface area contributed by atoms with Crippen molar-refractivity contribution in [2.45, 2.75) is 26.4 Å². The monoisotopic (exact) mass is 254 g/mol. The number of hydrogen-bond donors (Lipinski definition) is 2. The lowest BCUT2D eigenvalue weighted by molar-refractivity contribution is -0.385. The summed E-state index contributed by atoms with van der Waals surface area (Å²) in [5, 5.41) is 19.9. The Hall–Kier alpha value is -2.15. The first-order chi connectivity index (χ1) is 8.20. The lowest BCUT2D eigenvalue weighted by Gasteiger charge is -2.18. The topological polar surface area (TPSA) is 102 Å². The van der Waals surface area contributed by atoms with Gasteiger partial charge in [-0.1, -0.05) is 0 Å². The van der Waals surface area contributed by atoms with Gasteiger partial charge in [-0.15, -0.1) is 0 Å². The van der Waals surface area contributed by atoms with Crippen molar-refractivity contribution >= 4 is 11.6 Å². The fraction of sp³-hybridized carbons (Fsp3) is 0.364. The largest absolute Gasteiger partial charge is 0.502 e. The molecule has 0 radical (unpaired) electrons. The number of phenolic OH excluding ortho intramolecular Hbond substituents is 1. The summed E-state index contributed by atoms with van der Waals surface area (Å²) in [5.74, 6) is -1.15. The van der Waals surface area contributed by atoms with E-state index in [0.29, 0.717) is 0 Å². The maximum absolute atomic E-state index is 11.6. The van der Waals surface area contributed by atoms with Gasteiger partial charge < -0.3 is 5.11 Å². The Bertz CT molecular complexity index is 479. The van der Waals surface area contributed by atoms with Crippen molar-refractivity contribution in [2.75, 3.05) is 0 Å². The summed E-state index contributed by atoms with van der Waals surface area (Å²) in [6, 6.07) is 3.31. The molecule has 0 fully saturated rings. The number of hydrogen-bond acceptors (Lipinski definition) is 5. The van der Waals surface area contributed by atoms with E-state index in [2.05, 4.69) is 5.48 Å². The molecule has 7 nitrogen and oxygen atoms in total. The van der Waals surface area contributed by atoms with E-state index in [4.69, 9.17) is 4.84 Å². The van der Waals surface area contributed by atoms with Gasteiger partial charge in [-0.05, 0) is 32.9 Å². The third kappa shape index (κ3) is 3.70. The zero-order valence-corrected chi connectivity index (χ0v) is 10.3. The molecule has 7 heteroatoms. The quantitative estimate of drug-likeness (QED) is 0.632. The molecular weight excluding hydrogens is 240 g/mol. The molecule has 0 aliphatic carbocycles. The van der Waals surface area contributed by atoms with Crippen LogP contribution in [-0.2, 0) is 4.84 Å². The van der Waals surface area contributed by atoms with E-state index in [1.54, 1.807) is 20.8 Å². The van der Waals surface area contributed by atoms with Crippen molar-refractivity contribution in [3.05, 3.63) is 33.9 Å². The van der Waals surface area contributed by atoms with Gasteiger partial charge in [-0.3, -0.25) is 19.7 Å². The molecular formula is C11H14N2O5. The Morgan fingerprint density at radius 2 is 2.06 bits per heavy atom. The van der Waals surface area contributed by atoms with Crippen LogP contribution in [0.15, 0.2) is 18.2 Å². The number of carbonyl (C=O) groups is 1. The van der Waals surface area contributed by atoms with Crippen molar-refractivity contribution in [1.29, 1.82) is 0 Å². The average molecular weight is 254 g/mol. The standard InChI is InChI=1S/C11H14N2O5/c1-11(2,3)18-12-10(15)7-4-5-8(13(16)17)9(14)6-7/h4-6,14H,1-3H3,(H,12,15). The summed E-state index contributed by atoms with van der Waals surface area (Å²) in [6.07, 6.45) is 0. The number of rotatable bonds is 3. The molecule has 0 bridgehead atoms. The van der Waals surface area contributed by atoms with Crippen molar-refractivity contribution in [3.8, 4) is 5.75 Å². The van der Waals surface area contributed by atoms with Gasteiger partial charge in [0.05, 0.1) is 10.5 Å². The first-order valence-corrected chi connectivity index (χ1v) is 5.16. The summed E-state index contributed by atoms with van der Waals surface area (Å²) in [7, 11) is 0. The zero-order valence-electron chi connectivity index (χ0n) is 10.3. The molecule has 0 aliphatic rings. The van der Waals surface area contributed by atoms with Gasteiger partial charge in [0, 0.05) is 11.6 Å². The van der Waals surface area contributed by atoms with E-state index in [9.17, 15) is 20.0 Å². The Morgan fingerprint density at radius 1 is 1.44 bits per heavy atom. The van der Waals surface area contributed by atoms with Crippen LogP contribution in [0.1, 0.15) is 31.1 Å². The van der Waals surface area contributed by atoms with Crippen molar-refractivity contribution in [1.82, 2.24) is 5.48 Å². The van der Waals surface area contributed by atoms with Gasteiger partial charge in [-0.25, -0.2) is 5.48 Å². The fourth-order valence-electron chi connectivity index (χ4n) is 1.08. The minimum Gasteiger partial charge on any atom is -0.502 e. The van der Waals surface area contributed by atoms with Crippen LogP contribution in [0.2, 0.25) is 0 Å². The maximum atomic E-state index is 11.6. The van der Waals surface area contributed by atoms with E-state index in [1.165, 1.54) is 6.07 Å². The van der Waals surface area contributed by atoms with Crippen molar-refractivity contribution in [3.63, 3.8) is 0 Å². The molecule has 1 amide bonds. The molecule has 18 heavy (non-hydrogen) atoms. The number of nitro groups is 1. The fourth-order valence-corrected chi connectivity index (χ4v) is 1.08. The first-order valence-electron chi connectivity index (χ1n) is 5.16. The van der Waals surface area contributed by atoms with Crippen LogP contribution >= 0.6 is 0 Å². The molecule has 1 aromatic carbocycles. The van der Waals surface area contributed by atoms with Crippen LogP contribution in [0.3, 0.4) is 0 Å². The van der Waals surface area contributed by atoms with E-state index in [0.717, 1.165) is 12.1 Å². The number of aromatic hydroxyl groups is 1. The van der Waals surface area contributed by atoms with Crippen molar-refractivity contribution < 1.29 is 19.7 Å². The molecule has 0 saturated carbocycles. The van der Waals surface area contributed by atoms with E-state index in [-0.39, 0.29) is 5.56 Å². The molecule has 0 spiro atoms. The summed E-state index contributed by atoms with van der Waals surface area (Å²) in [4.78, 5) is 26.4. The molecule has 98 valence electrons. The number of benzene rings is 1. The molecule has 0 aliphatic heterocycles. The second kappa shape index (κ2) is 5.01. The van der Waals surface area contributed by atoms with Gasteiger partial charge in [0.2, 0.25) is 0 Å². The van der Waals surface area contributed by atoms with Gasteiger partial charge in [-0.2, -0.15) is 0 Å². The van der Waals surface area contributed by atoms with Crippen LogP contribution in [0.25, 0.3) is 0 Å². The zero-order chi connectivity index (χ0) is 13.9. The van der Waals surface area contributed by atoms with Crippen LogP contribution in [0.5, 0.6) is 5.75 Å². The van der Waals surface area contributed by atoms with Gasteiger partial charge in [0.25, 0.3) is 5.91 Å². The third-order valence-electron chi connectivity index (χ3n) is 1.88. The Kier molecular flexibility index (Phi) is 3.87. The van der Waals surface area contributed by atoms with E-state index >= 15 is 0 Å². The Balaban J connectivity index is 2.82. The highest BCUT2D eigenvalue weighted by Gasteiger charge is 2.18. The van der Waals surface area contributed by atoms with Crippen LogP contribution in [-0.4, -0.2) is 21.5 Å². The van der Waals surface area contributed by atoms with Gasteiger partial charge >= 0.3 is 5.69 Å². The summed E-state index contributed by atoms with van der Waals surface area (Å²) < 4.78 is 0. The van der Waals surface area contributed by atoms with Gasteiger partial charge in [0.1, 0.15) is 0 Å². The van der Waals surface area contributed by atoms with Crippen LogP contribution < -0.4 is 5.48 Å². The maximum Gasteiger partial charge on any atom is 0.310 e. The predicted molar refractivity (Wildman–Crippen MR) is 63.1 cm³/mol. The van der Waals surface area contributed by atoms with Crippen LogP contribution in [0, 0.1) is 10.1 Å². The normalized spacial score (nSPS) is 11.1. The molecule has 0 saturated heterocycles. The molecule has 0 atom stereocenters. The minimum absolute atomic E-state index is 0.0716. The molecule has 0 aromatic heterocycles. The molecule has 0 heterocycles. The lowest BCUT2D eigenvalue weighted by atomic mass is 10.2. The number of carbonyl (C=O) groups excluding carboxylic acids is 1. The highest BCUT2D eigenvalue weighted by molar-refractivity contribution is 5.94. The molecule has 2 N–H and O–H groups in total. The molecule has 0 unspecified atom stereocenters. The second-order valence-corrected chi connectivity index (χ2v) is 4.61. The highest BCUT2D eigenvalue weighted by atomic mass is 16.7. The van der Waals surface area contributed by atoms with E-state index < -0.39 is 27.9 Å². The lowest BCUT2D eigenvalue weighted by Crippen LogP contribution is -2.33. The van der Waals surface area contributed by atoms with Crippen molar-refractivity contribution in [2.24, 2.45) is 0 Å². The Morgan fingerprint density at radius 3 is 2.50 bits per heavy atom. The number of phenols is 1. The summed E-state index contributed by atoms with van der Waals surface area (Å²) >= 11 is 0. The second-order valence-electron chi connectivity index (χ2n) is 4.61. The Labute approximate surface area is 103 Å².